The minimum Gasteiger partial charge on any atom is -0.350 e. The van der Waals surface area contributed by atoms with Gasteiger partial charge in [0.05, 0.1) is 12.3 Å². The number of hydrogen-bond donors (Lipinski definition) is 2. The van der Waals surface area contributed by atoms with Gasteiger partial charge in [0.2, 0.25) is 0 Å². The fourth-order valence-corrected chi connectivity index (χ4v) is 1.49. The SMILES string of the molecule is NC(=O)NN=C(Cn1cncn1)c1ccc(F)cc1F. The van der Waals surface area contributed by atoms with Crippen molar-refractivity contribution in [1.29, 1.82) is 0 Å². The van der Waals surface area contributed by atoms with Crippen molar-refractivity contribution in [3.05, 3.63) is 48.1 Å². The second-order valence-electron chi connectivity index (χ2n) is 3.75. The van der Waals surface area contributed by atoms with Gasteiger partial charge in [0.1, 0.15) is 24.3 Å². The predicted molar refractivity (Wildman–Crippen MR) is 65.6 cm³/mol. The van der Waals surface area contributed by atoms with E-state index in [4.69, 9.17) is 5.73 Å². The Labute approximate surface area is 112 Å². The second kappa shape index (κ2) is 5.87. The number of aromatic nitrogens is 3. The molecule has 0 spiro atoms. The van der Waals surface area contributed by atoms with Crippen LogP contribution in [0.2, 0.25) is 0 Å². The van der Waals surface area contributed by atoms with Crippen LogP contribution in [-0.2, 0) is 6.54 Å². The number of urea groups is 1. The van der Waals surface area contributed by atoms with Gasteiger partial charge in [0.15, 0.2) is 0 Å². The van der Waals surface area contributed by atoms with E-state index in [2.05, 4.69) is 15.2 Å². The normalized spacial score (nSPS) is 11.4. The summed E-state index contributed by atoms with van der Waals surface area (Å²) in [6.07, 6.45) is 2.68. The number of carbonyl (C=O) groups is 1. The maximum Gasteiger partial charge on any atom is 0.332 e. The van der Waals surface area contributed by atoms with Crippen molar-refractivity contribution in [3.63, 3.8) is 0 Å². The quantitative estimate of drug-likeness (QED) is 0.634. The van der Waals surface area contributed by atoms with Crippen LogP contribution in [0.4, 0.5) is 13.6 Å². The Hall–Kier alpha value is -2.84. The highest BCUT2D eigenvalue weighted by molar-refractivity contribution is 6.01. The summed E-state index contributed by atoms with van der Waals surface area (Å²) in [4.78, 5) is 14.4. The third-order valence-corrected chi connectivity index (χ3v) is 2.32. The summed E-state index contributed by atoms with van der Waals surface area (Å²) in [5.41, 5.74) is 7.05. The van der Waals surface area contributed by atoms with Crippen molar-refractivity contribution in [3.8, 4) is 0 Å². The topological polar surface area (TPSA) is 98.2 Å². The molecule has 20 heavy (non-hydrogen) atoms. The molecule has 7 nitrogen and oxygen atoms in total. The number of amides is 2. The van der Waals surface area contributed by atoms with Crippen molar-refractivity contribution in [1.82, 2.24) is 20.2 Å². The molecule has 1 heterocycles. The Morgan fingerprint density at radius 3 is 2.85 bits per heavy atom. The minimum atomic E-state index is -0.899. The molecule has 0 radical (unpaired) electrons. The summed E-state index contributed by atoms with van der Waals surface area (Å²) in [5.74, 6) is -1.52. The summed E-state index contributed by atoms with van der Waals surface area (Å²) in [6, 6.07) is 2.11. The smallest absolute Gasteiger partial charge is 0.332 e. The Bertz CT molecular complexity index is 640. The first-order valence-corrected chi connectivity index (χ1v) is 5.46. The van der Waals surface area contributed by atoms with Gasteiger partial charge < -0.3 is 5.73 Å². The minimum absolute atomic E-state index is 0.0238. The van der Waals surface area contributed by atoms with Gasteiger partial charge in [-0.2, -0.15) is 10.2 Å². The maximum absolute atomic E-state index is 13.7. The Morgan fingerprint density at radius 2 is 2.25 bits per heavy atom. The van der Waals surface area contributed by atoms with Crippen molar-refractivity contribution in [2.75, 3.05) is 0 Å². The number of rotatable bonds is 4. The lowest BCUT2D eigenvalue weighted by Crippen LogP contribution is -2.27. The molecule has 0 aliphatic heterocycles. The molecule has 0 aliphatic rings. The summed E-state index contributed by atoms with van der Waals surface area (Å²) < 4.78 is 28.0. The average Bonchev–Trinajstić information content (AvgIpc) is 2.87. The summed E-state index contributed by atoms with van der Waals surface area (Å²) in [5, 5.41) is 7.54. The molecule has 0 saturated carbocycles. The molecule has 0 aliphatic carbocycles. The highest BCUT2D eigenvalue weighted by Crippen LogP contribution is 2.11. The molecule has 0 atom stereocenters. The molecule has 2 rings (SSSR count). The van der Waals surface area contributed by atoms with Crippen molar-refractivity contribution in [2.24, 2.45) is 10.8 Å². The van der Waals surface area contributed by atoms with Crippen molar-refractivity contribution < 1.29 is 13.6 Å². The first kappa shape index (κ1) is 13.6. The highest BCUT2D eigenvalue weighted by Gasteiger charge is 2.12. The third-order valence-electron chi connectivity index (χ3n) is 2.32. The summed E-state index contributed by atoms with van der Waals surface area (Å²) in [7, 11) is 0. The molecule has 2 aromatic rings. The molecule has 3 N–H and O–H groups in total. The predicted octanol–water partition coefficient (Wildman–Crippen LogP) is 0.629. The molecule has 0 bridgehead atoms. The van der Waals surface area contributed by atoms with Crippen LogP contribution in [0.5, 0.6) is 0 Å². The van der Waals surface area contributed by atoms with Crippen molar-refractivity contribution in [2.45, 2.75) is 6.54 Å². The third kappa shape index (κ3) is 3.34. The lowest BCUT2D eigenvalue weighted by atomic mass is 10.1. The van der Waals surface area contributed by atoms with E-state index in [1.165, 1.54) is 23.4 Å². The van der Waals surface area contributed by atoms with Gasteiger partial charge >= 0.3 is 6.03 Å². The van der Waals surface area contributed by atoms with E-state index in [0.717, 1.165) is 12.1 Å². The van der Waals surface area contributed by atoms with Gasteiger partial charge in [-0.05, 0) is 12.1 Å². The van der Waals surface area contributed by atoms with Crippen LogP contribution in [0, 0.1) is 11.6 Å². The van der Waals surface area contributed by atoms with Gasteiger partial charge in [0, 0.05) is 11.6 Å². The number of hydrazone groups is 1. The van der Waals surface area contributed by atoms with Gasteiger partial charge in [-0.15, -0.1) is 0 Å². The van der Waals surface area contributed by atoms with Crippen LogP contribution < -0.4 is 11.2 Å². The first-order valence-electron chi connectivity index (χ1n) is 5.46. The maximum atomic E-state index is 13.7. The van der Waals surface area contributed by atoms with E-state index >= 15 is 0 Å². The number of nitrogens with one attached hydrogen (secondary N) is 1. The number of primary amides is 1. The standard InChI is InChI=1S/C11H10F2N6O/c12-7-1-2-8(9(13)3-7)10(17-18-11(14)20)4-19-6-15-5-16-19/h1-3,5-6H,4H2,(H3,14,18,20). The Morgan fingerprint density at radius 1 is 1.45 bits per heavy atom. The molecule has 1 aromatic carbocycles. The number of benzene rings is 1. The number of nitrogens with two attached hydrogens (primary N) is 1. The van der Waals surface area contributed by atoms with E-state index in [1.807, 2.05) is 5.43 Å². The van der Waals surface area contributed by atoms with Gasteiger partial charge in [-0.3, -0.25) is 0 Å². The van der Waals surface area contributed by atoms with Crippen LogP contribution in [0.3, 0.4) is 0 Å². The van der Waals surface area contributed by atoms with Crippen LogP contribution in [0.25, 0.3) is 0 Å². The lowest BCUT2D eigenvalue weighted by molar-refractivity contribution is 0.249. The monoisotopic (exact) mass is 280 g/mol. The largest absolute Gasteiger partial charge is 0.350 e. The molecule has 0 unspecified atom stereocenters. The molecule has 9 heteroatoms. The van der Waals surface area contributed by atoms with Gasteiger partial charge in [0.25, 0.3) is 0 Å². The van der Waals surface area contributed by atoms with Crippen LogP contribution in [-0.4, -0.2) is 26.5 Å². The number of carbonyl (C=O) groups excluding carboxylic acids is 1. The average molecular weight is 280 g/mol. The lowest BCUT2D eigenvalue weighted by Gasteiger charge is -2.08. The zero-order valence-corrected chi connectivity index (χ0v) is 10.1. The molecule has 0 fully saturated rings. The molecule has 104 valence electrons. The molecular formula is C11H10F2N6O. The number of nitrogens with zero attached hydrogens (tertiary/aromatic N) is 4. The van der Waals surface area contributed by atoms with Crippen LogP contribution in [0.1, 0.15) is 5.56 Å². The Kier molecular flexibility index (Phi) is 3.99. The fourth-order valence-electron chi connectivity index (χ4n) is 1.49. The van der Waals surface area contributed by atoms with E-state index < -0.39 is 17.7 Å². The number of halogens is 2. The van der Waals surface area contributed by atoms with E-state index in [9.17, 15) is 13.6 Å². The fraction of sp³-hybridized carbons (Fsp3) is 0.0909. The molecule has 0 saturated heterocycles. The van der Waals surface area contributed by atoms with Gasteiger partial charge in [-0.1, -0.05) is 0 Å². The van der Waals surface area contributed by atoms with Crippen LogP contribution >= 0.6 is 0 Å². The van der Waals surface area contributed by atoms with E-state index in [0.29, 0.717) is 0 Å². The zero-order valence-electron chi connectivity index (χ0n) is 10.1. The van der Waals surface area contributed by atoms with Gasteiger partial charge in [-0.25, -0.2) is 28.7 Å². The molecule has 2 amide bonds. The second-order valence-corrected chi connectivity index (χ2v) is 3.75. The number of hydrogen-bond acceptors (Lipinski definition) is 4. The molecule has 1 aromatic heterocycles. The zero-order chi connectivity index (χ0) is 14.5. The molecular weight excluding hydrogens is 270 g/mol. The van der Waals surface area contributed by atoms with E-state index in [-0.39, 0.29) is 17.8 Å². The Balaban J connectivity index is 2.34. The van der Waals surface area contributed by atoms with Crippen molar-refractivity contribution >= 4 is 11.7 Å². The highest BCUT2D eigenvalue weighted by atomic mass is 19.1. The first-order chi connectivity index (χ1) is 9.56. The summed E-state index contributed by atoms with van der Waals surface area (Å²) in [6.45, 7) is 0.0306. The van der Waals surface area contributed by atoms with Crippen LogP contribution in [0.15, 0.2) is 36.0 Å². The van der Waals surface area contributed by atoms with E-state index in [1.54, 1.807) is 0 Å². The summed E-state index contributed by atoms with van der Waals surface area (Å²) >= 11 is 0.